The van der Waals surface area contributed by atoms with Crippen molar-refractivity contribution in [3.05, 3.63) is 29.6 Å². The van der Waals surface area contributed by atoms with E-state index in [1.54, 1.807) is 6.07 Å². The van der Waals surface area contributed by atoms with Crippen molar-refractivity contribution >= 4 is 17.9 Å². The van der Waals surface area contributed by atoms with E-state index in [1.807, 2.05) is 13.2 Å². The van der Waals surface area contributed by atoms with Crippen LogP contribution in [0, 0.1) is 5.82 Å². The lowest BCUT2D eigenvalue weighted by molar-refractivity contribution is 0.0949. The number of unbranched alkanes of at least 4 members (excludes halogenated alkanes) is 1. The zero-order valence-electron chi connectivity index (χ0n) is 12.9. The van der Waals surface area contributed by atoms with Gasteiger partial charge in [-0.2, -0.15) is 0 Å². The molecular formula is C16H21F2NO2S. The highest BCUT2D eigenvalue weighted by Gasteiger charge is 2.38. The third-order valence-electron chi connectivity index (χ3n) is 3.76. The molecule has 22 heavy (non-hydrogen) atoms. The van der Waals surface area contributed by atoms with Gasteiger partial charge in [-0.1, -0.05) is 13.3 Å². The van der Waals surface area contributed by atoms with Crippen molar-refractivity contribution in [1.82, 2.24) is 4.90 Å². The number of carbonyl (C=O) groups excluding carboxylic acids is 1. The van der Waals surface area contributed by atoms with E-state index in [0.717, 1.165) is 17.7 Å². The van der Waals surface area contributed by atoms with Gasteiger partial charge in [-0.25, -0.2) is 13.6 Å². The standard InChI is InChI=1S/C16H21F2NO2S/c1-3-4-7-21-16(20)19-10-12(18)9-14(19)13-8-11(17)5-6-15(13)22-2/h5-6,8,12,14H,3-4,7,9-10H2,1-2H3/t12-,14+/m0/s1. The Bertz CT molecular complexity index is 527. The molecule has 1 aliphatic heterocycles. The Labute approximate surface area is 134 Å². The van der Waals surface area contributed by atoms with Crippen LogP contribution in [0.15, 0.2) is 23.1 Å². The Balaban J connectivity index is 2.20. The molecule has 3 nitrogen and oxygen atoms in total. The van der Waals surface area contributed by atoms with Crippen LogP contribution in [0.3, 0.4) is 0 Å². The van der Waals surface area contributed by atoms with Crippen molar-refractivity contribution < 1.29 is 18.3 Å². The third-order valence-corrected chi connectivity index (χ3v) is 4.57. The molecule has 0 radical (unpaired) electrons. The second-order valence-corrected chi connectivity index (χ2v) is 6.20. The maximum Gasteiger partial charge on any atom is 0.410 e. The first kappa shape index (κ1) is 17.1. The SMILES string of the molecule is CCCCOC(=O)N1C[C@@H](F)C[C@@H]1c1cc(F)ccc1SC. The lowest BCUT2D eigenvalue weighted by Gasteiger charge is -2.25. The quantitative estimate of drug-likeness (QED) is 0.585. The number of nitrogens with zero attached hydrogens (tertiary/aromatic N) is 1. The fourth-order valence-corrected chi connectivity index (χ4v) is 3.27. The number of alkyl halides is 1. The summed E-state index contributed by atoms with van der Waals surface area (Å²) in [6.07, 6.45) is 2.13. The smallest absolute Gasteiger partial charge is 0.410 e. The lowest BCUT2D eigenvalue weighted by Crippen LogP contribution is -2.32. The van der Waals surface area contributed by atoms with Gasteiger partial charge in [0.1, 0.15) is 12.0 Å². The predicted octanol–water partition coefficient (Wildman–Crippen LogP) is 4.57. The van der Waals surface area contributed by atoms with Crippen LogP contribution in [0.5, 0.6) is 0 Å². The van der Waals surface area contributed by atoms with Crippen LogP contribution in [0.4, 0.5) is 13.6 Å². The van der Waals surface area contributed by atoms with Gasteiger partial charge in [0.05, 0.1) is 19.2 Å². The van der Waals surface area contributed by atoms with Crippen molar-refractivity contribution in [2.45, 2.75) is 43.3 Å². The molecule has 0 aliphatic carbocycles. The van der Waals surface area contributed by atoms with Gasteiger partial charge in [0.15, 0.2) is 0 Å². The highest BCUT2D eigenvalue weighted by atomic mass is 32.2. The largest absolute Gasteiger partial charge is 0.449 e. The maximum atomic E-state index is 13.8. The Morgan fingerprint density at radius 1 is 1.50 bits per heavy atom. The lowest BCUT2D eigenvalue weighted by atomic mass is 10.0. The predicted molar refractivity (Wildman–Crippen MR) is 83.4 cm³/mol. The van der Waals surface area contributed by atoms with Crippen molar-refractivity contribution in [2.75, 3.05) is 19.4 Å². The summed E-state index contributed by atoms with van der Waals surface area (Å²) in [5.74, 6) is -0.380. The molecule has 0 saturated carbocycles. The van der Waals surface area contributed by atoms with Crippen molar-refractivity contribution in [2.24, 2.45) is 0 Å². The molecule has 1 aliphatic rings. The van der Waals surface area contributed by atoms with E-state index in [-0.39, 0.29) is 18.8 Å². The molecule has 6 heteroatoms. The third kappa shape index (κ3) is 3.91. The van der Waals surface area contributed by atoms with E-state index < -0.39 is 18.3 Å². The first-order valence-electron chi connectivity index (χ1n) is 7.47. The number of hydrogen-bond acceptors (Lipinski definition) is 3. The van der Waals surface area contributed by atoms with E-state index in [2.05, 4.69) is 0 Å². The molecule has 0 spiro atoms. The van der Waals surface area contributed by atoms with Gasteiger partial charge >= 0.3 is 6.09 Å². The Morgan fingerprint density at radius 2 is 2.27 bits per heavy atom. The van der Waals surface area contributed by atoms with Crippen molar-refractivity contribution in [3.63, 3.8) is 0 Å². The molecule has 0 N–H and O–H groups in total. The minimum Gasteiger partial charge on any atom is -0.449 e. The van der Waals surface area contributed by atoms with E-state index >= 15 is 0 Å². The Morgan fingerprint density at radius 3 is 2.95 bits per heavy atom. The van der Waals surface area contributed by atoms with Crippen LogP contribution in [0.2, 0.25) is 0 Å². The van der Waals surface area contributed by atoms with Crippen LogP contribution < -0.4 is 0 Å². The summed E-state index contributed by atoms with van der Waals surface area (Å²) in [5.41, 5.74) is 0.653. The van der Waals surface area contributed by atoms with Gasteiger partial charge in [-0.05, 0) is 36.4 Å². The molecule has 1 saturated heterocycles. The van der Waals surface area contributed by atoms with Crippen LogP contribution in [-0.4, -0.2) is 36.6 Å². The second-order valence-electron chi connectivity index (χ2n) is 5.36. The van der Waals surface area contributed by atoms with E-state index in [4.69, 9.17) is 4.74 Å². The summed E-state index contributed by atoms with van der Waals surface area (Å²) in [5, 5.41) is 0. The van der Waals surface area contributed by atoms with Gasteiger partial charge in [0, 0.05) is 11.3 Å². The Kier molecular flexibility index (Phi) is 6.06. The van der Waals surface area contributed by atoms with Crippen LogP contribution in [-0.2, 0) is 4.74 Å². The highest BCUT2D eigenvalue weighted by molar-refractivity contribution is 7.98. The zero-order valence-corrected chi connectivity index (χ0v) is 13.7. The number of thioether (sulfide) groups is 1. The number of rotatable bonds is 5. The molecule has 1 amide bonds. The van der Waals surface area contributed by atoms with E-state index in [0.29, 0.717) is 12.2 Å². The summed E-state index contributed by atoms with van der Waals surface area (Å²) in [4.78, 5) is 14.4. The second kappa shape index (κ2) is 7.81. The van der Waals surface area contributed by atoms with Gasteiger partial charge in [0.2, 0.25) is 0 Å². The average molecular weight is 329 g/mol. The van der Waals surface area contributed by atoms with Crippen LogP contribution >= 0.6 is 11.8 Å². The van der Waals surface area contributed by atoms with Gasteiger partial charge in [-0.15, -0.1) is 11.8 Å². The summed E-state index contributed by atoms with van der Waals surface area (Å²) < 4.78 is 32.6. The number of ether oxygens (including phenoxy) is 1. The zero-order chi connectivity index (χ0) is 16.1. The van der Waals surface area contributed by atoms with Gasteiger partial charge < -0.3 is 4.74 Å². The molecule has 1 fully saturated rings. The number of likely N-dealkylation sites (tertiary alicyclic amines) is 1. The first-order valence-corrected chi connectivity index (χ1v) is 8.70. The molecule has 122 valence electrons. The normalized spacial score (nSPS) is 21.2. The van der Waals surface area contributed by atoms with E-state index in [1.165, 1.54) is 28.8 Å². The highest BCUT2D eigenvalue weighted by Crippen LogP contribution is 2.38. The minimum atomic E-state index is -1.11. The number of amides is 1. The molecule has 1 aromatic rings. The fraction of sp³-hybridized carbons (Fsp3) is 0.562. The molecule has 0 aromatic heterocycles. The van der Waals surface area contributed by atoms with Crippen LogP contribution in [0.1, 0.15) is 37.8 Å². The average Bonchev–Trinajstić information content (AvgIpc) is 2.89. The molecule has 2 rings (SSSR count). The molecule has 1 heterocycles. The monoisotopic (exact) mass is 329 g/mol. The summed E-state index contributed by atoms with van der Waals surface area (Å²) in [6, 6.07) is 3.96. The van der Waals surface area contributed by atoms with Gasteiger partial charge in [0.25, 0.3) is 0 Å². The molecule has 2 atom stereocenters. The molecular weight excluding hydrogens is 308 g/mol. The number of halogens is 2. The maximum absolute atomic E-state index is 13.8. The Hall–Kier alpha value is -1.30. The van der Waals surface area contributed by atoms with Crippen molar-refractivity contribution in [1.29, 1.82) is 0 Å². The first-order chi connectivity index (χ1) is 10.6. The summed E-state index contributed by atoms with van der Waals surface area (Å²) >= 11 is 1.46. The van der Waals surface area contributed by atoms with Crippen LogP contribution in [0.25, 0.3) is 0 Å². The number of benzene rings is 1. The molecule has 0 unspecified atom stereocenters. The van der Waals surface area contributed by atoms with E-state index in [9.17, 15) is 13.6 Å². The van der Waals surface area contributed by atoms with Crippen molar-refractivity contribution in [3.8, 4) is 0 Å². The fourth-order valence-electron chi connectivity index (χ4n) is 2.63. The summed E-state index contributed by atoms with van der Waals surface area (Å²) in [6.45, 7) is 2.33. The summed E-state index contributed by atoms with van der Waals surface area (Å²) in [7, 11) is 0. The van der Waals surface area contributed by atoms with Gasteiger partial charge in [-0.3, -0.25) is 4.90 Å². The molecule has 1 aromatic carbocycles. The topological polar surface area (TPSA) is 29.5 Å². The molecule has 0 bridgehead atoms. The number of hydrogen-bond donors (Lipinski definition) is 0. The minimum absolute atomic E-state index is 0.0000404. The number of carbonyl (C=O) groups is 1.